The molecule has 0 bridgehead atoms. The molecule has 1 heterocycles. The standard InChI is InChI=1S/C17H33NO/c1-3-4-16-7-11-18(12-8-16)13-17(14-19)9-5-15(2)6-10-17/h15-16,19H,3-14H2,1-2H3. The molecule has 1 saturated heterocycles. The summed E-state index contributed by atoms with van der Waals surface area (Å²) >= 11 is 0. The number of rotatable bonds is 5. The van der Waals surface area contributed by atoms with Crippen LogP contribution in [0, 0.1) is 17.3 Å². The lowest BCUT2D eigenvalue weighted by Crippen LogP contribution is -2.45. The van der Waals surface area contributed by atoms with Crippen LogP contribution in [0.15, 0.2) is 0 Å². The monoisotopic (exact) mass is 267 g/mol. The molecule has 1 saturated carbocycles. The Morgan fingerprint density at radius 3 is 2.26 bits per heavy atom. The topological polar surface area (TPSA) is 23.5 Å². The molecule has 0 radical (unpaired) electrons. The van der Waals surface area contributed by atoms with Crippen molar-refractivity contribution in [3.05, 3.63) is 0 Å². The molecule has 0 amide bonds. The molecule has 19 heavy (non-hydrogen) atoms. The first-order chi connectivity index (χ1) is 9.17. The lowest BCUT2D eigenvalue weighted by atomic mass is 9.71. The molecule has 1 aliphatic heterocycles. The van der Waals surface area contributed by atoms with Crippen LogP contribution in [0.5, 0.6) is 0 Å². The minimum absolute atomic E-state index is 0.226. The Balaban J connectivity index is 1.80. The van der Waals surface area contributed by atoms with Gasteiger partial charge in [0.15, 0.2) is 0 Å². The van der Waals surface area contributed by atoms with E-state index in [0.29, 0.717) is 6.61 Å². The SMILES string of the molecule is CCCC1CCN(CC2(CO)CCC(C)CC2)CC1. The van der Waals surface area contributed by atoms with Crippen molar-refractivity contribution < 1.29 is 5.11 Å². The second-order valence-electron chi connectivity index (χ2n) is 7.35. The van der Waals surface area contributed by atoms with E-state index >= 15 is 0 Å². The van der Waals surface area contributed by atoms with Crippen molar-refractivity contribution in [2.24, 2.45) is 17.3 Å². The van der Waals surface area contributed by atoms with Crippen LogP contribution in [0.1, 0.15) is 65.2 Å². The summed E-state index contributed by atoms with van der Waals surface area (Å²) in [4.78, 5) is 2.64. The first-order valence-corrected chi connectivity index (χ1v) is 8.50. The number of nitrogens with zero attached hydrogens (tertiary/aromatic N) is 1. The Morgan fingerprint density at radius 1 is 1.11 bits per heavy atom. The maximum Gasteiger partial charge on any atom is 0.0499 e. The quantitative estimate of drug-likeness (QED) is 0.821. The van der Waals surface area contributed by atoms with Crippen LogP contribution in [-0.2, 0) is 0 Å². The Labute approximate surface area is 119 Å². The van der Waals surface area contributed by atoms with Gasteiger partial charge in [-0.15, -0.1) is 0 Å². The number of hydrogen-bond acceptors (Lipinski definition) is 2. The van der Waals surface area contributed by atoms with Crippen molar-refractivity contribution in [1.29, 1.82) is 0 Å². The second-order valence-corrected chi connectivity index (χ2v) is 7.35. The molecule has 2 heteroatoms. The molecule has 2 aliphatic rings. The zero-order valence-corrected chi connectivity index (χ0v) is 13.0. The van der Waals surface area contributed by atoms with Crippen LogP contribution >= 0.6 is 0 Å². The van der Waals surface area contributed by atoms with E-state index in [2.05, 4.69) is 18.7 Å². The van der Waals surface area contributed by atoms with Crippen molar-refractivity contribution in [1.82, 2.24) is 4.90 Å². The third-order valence-electron chi connectivity index (χ3n) is 5.63. The van der Waals surface area contributed by atoms with Crippen molar-refractivity contribution in [3.63, 3.8) is 0 Å². The lowest BCUT2D eigenvalue weighted by molar-refractivity contribution is 0.0185. The van der Waals surface area contributed by atoms with E-state index in [4.69, 9.17) is 0 Å². The van der Waals surface area contributed by atoms with Gasteiger partial charge in [0.25, 0.3) is 0 Å². The van der Waals surface area contributed by atoms with Gasteiger partial charge in [-0.05, 0) is 50.6 Å². The summed E-state index contributed by atoms with van der Waals surface area (Å²) in [5.41, 5.74) is 0.226. The molecule has 0 unspecified atom stereocenters. The largest absolute Gasteiger partial charge is 0.396 e. The summed E-state index contributed by atoms with van der Waals surface area (Å²) in [6.07, 6.45) is 10.6. The summed E-state index contributed by atoms with van der Waals surface area (Å²) < 4.78 is 0. The highest BCUT2D eigenvalue weighted by Gasteiger charge is 2.36. The molecule has 1 N–H and O–H groups in total. The van der Waals surface area contributed by atoms with Gasteiger partial charge in [-0.1, -0.05) is 39.5 Å². The molecule has 2 nitrogen and oxygen atoms in total. The highest BCUT2D eigenvalue weighted by molar-refractivity contribution is 4.88. The highest BCUT2D eigenvalue weighted by atomic mass is 16.3. The van der Waals surface area contributed by atoms with Gasteiger partial charge in [0.05, 0.1) is 0 Å². The first-order valence-electron chi connectivity index (χ1n) is 8.50. The predicted molar refractivity (Wildman–Crippen MR) is 81.2 cm³/mol. The average Bonchev–Trinajstić information content (AvgIpc) is 2.44. The molecule has 2 rings (SSSR count). The maximum absolute atomic E-state index is 9.87. The molecule has 0 aromatic rings. The molecule has 0 aromatic heterocycles. The van der Waals surface area contributed by atoms with E-state index in [0.717, 1.165) is 18.4 Å². The van der Waals surface area contributed by atoms with E-state index < -0.39 is 0 Å². The van der Waals surface area contributed by atoms with E-state index in [-0.39, 0.29) is 5.41 Å². The first kappa shape index (κ1) is 15.3. The van der Waals surface area contributed by atoms with Gasteiger partial charge in [0, 0.05) is 18.6 Å². The number of hydrogen-bond donors (Lipinski definition) is 1. The highest BCUT2D eigenvalue weighted by Crippen LogP contribution is 2.39. The minimum Gasteiger partial charge on any atom is -0.396 e. The third kappa shape index (κ3) is 4.19. The van der Waals surface area contributed by atoms with E-state index in [1.54, 1.807) is 0 Å². The Kier molecular flexibility index (Phi) is 5.70. The van der Waals surface area contributed by atoms with Gasteiger partial charge in [-0.3, -0.25) is 0 Å². The van der Waals surface area contributed by atoms with E-state index in [1.165, 1.54) is 64.5 Å². The minimum atomic E-state index is 0.226. The number of aliphatic hydroxyl groups excluding tert-OH is 1. The summed E-state index contributed by atoms with van der Waals surface area (Å²) in [6.45, 7) is 8.74. The van der Waals surface area contributed by atoms with Gasteiger partial charge >= 0.3 is 0 Å². The normalized spacial score (nSPS) is 34.6. The molecule has 0 aromatic carbocycles. The molecule has 112 valence electrons. The summed E-state index contributed by atoms with van der Waals surface area (Å²) in [5.74, 6) is 1.84. The van der Waals surface area contributed by atoms with Gasteiger partial charge in [0.2, 0.25) is 0 Å². The molecule has 1 aliphatic carbocycles. The molecule has 0 spiro atoms. The van der Waals surface area contributed by atoms with E-state index in [9.17, 15) is 5.11 Å². The van der Waals surface area contributed by atoms with Crippen LogP contribution < -0.4 is 0 Å². The molecule has 0 atom stereocenters. The fourth-order valence-corrected chi connectivity index (χ4v) is 4.06. The predicted octanol–water partition coefficient (Wildman–Crippen LogP) is 3.69. The summed E-state index contributed by atoms with van der Waals surface area (Å²) in [5, 5.41) is 9.87. The van der Waals surface area contributed by atoms with Crippen molar-refractivity contribution >= 4 is 0 Å². The van der Waals surface area contributed by atoms with E-state index in [1.807, 2.05) is 0 Å². The second kappa shape index (κ2) is 7.08. The van der Waals surface area contributed by atoms with Crippen molar-refractivity contribution in [2.75, 3.05) is 26.2 Å². The Hall–Kier alpha value is -0.0800. The average molecular weight is 267 g/mol. The number of aliphatic hydroxyl groups is 1. The zero-order valence-electron chi connectivity index (χ0n) is 13.0. The fraction of sp³-hybridized carbons (Fsp3) is 1.00. The summed E-state index contributed by atoms with van der Waals surface area (Å²) in [6, 6.07) is 0. The van der Waals surface area contributed by atoms with Crippen LogP contribution in [0.4, 0.5) is 0 Å². The van der Waals surface area contributed by atoms with Gasteiger partial charge in [0.1, 0.15) is 0 Å². The lowest BCUT2D eigenvalue weighted by Gasteiger charge is -2.43. The zero-order chi connectivity index (χ0) is 13.7. The van der Waals surface area contributed by atoms with Gasteiger partial charge in [-0.2, -0.15) is 0 Å². The smallest absolute Gasteiger partial charge is 0.0499 e. The third-order valence-corrected chi connectivity index (χ3v) is 5.63. The van der Waals surface area contributed by atoms with Crippen LogP contribution in [-0.4, -0.2) is 36.2 Å². The Morgan fingerprint density at radius 2 is 1.74 bits per heavy atom. The molecular formula is C17H33NO. The van der Waals surface area contributed by atoms with Gasteiger partial charge < -0.3 is 10.0 Å². The van der Waals surface area contributed by atoms with Crippen LogP contribution in [0.3, 0.4) is 0 Å². The number of likely N-dealkylation sites (tertiary alicyclic amines) is 1. The van der Waals surface area contributed by atoms with Crippen molar-refractivity contribution in [2.45, 2.75) is 65.2 Å². The Bertz CT molecular complexity index is 250. The van der Waals surface area contributed by atoms with Gasteiger partial charge in [-0.25, -0.2) is 0 Å². The van der Waals surface area contributed by atoms with Crippen molar-refractivity contribution in [3.8, 4) is 0 Å². The maximum atomic E-state index is 9.87. The fourth-order valence-electron chi connectivity index (χ4n) is 4.06. The van der Waals surface area contributed by atoms with Crippen LogP contribution in [0.25, 0.3) is 0 Å². The molecule has 2 fully saturated rings. The van der Waals surface area contributed by atoms with Crippen LogP contribution in [0.2, 0.25) is 0 Å². The number of piperidine rings is 1. The molecular weight excluding hydrogens is 234 g/mol. The summed E-state index contributed by atoms with van der Waals surface area (Å²) in [7, 11) is 0.